The molecule has 3 atom stereocenters. The quantitative estimate of drug-likeness (QED) is 0.180. The van der Waals surface area contributed by atoms with Crippen molar-refractivity contribution in [2.45, 2.75) is 51.2 Å². The Balaban J connectivity index is 2.97. The van der Waals surface area contributed by atoms with Gasteiger partial charge in [-0.25, -0.2) is 4.98 Å². The second-order valence-corrected chi connectivity index (χ2v) is 7.22. The van der Waals surface area contributed by atoms with Crippen molar-refractivity contribution >= 4 is 29.7 Å². The minimum Gasteiger partial charge on any atom is -0.481 e. The Morgan fingerprint density at radius 1 is 1.03 bits per heavy atom. The van der Waals surface area contributed by atoms with E-state index in [0.29, 0.717) is 5.69 Å². The molecule has 0 saturated heterocycles. The summed E-state index contributed by atoms with van der Waals surface area (Å²) < 4.78 is 0. The molecule has 0 bridgehead atoms. The lowest BCUT2D eigenvalue weighted by Crippen LogP contribution is -2.57. The fourth-order valence-electron chi connectivity index (χ4n) is 2.49. The van der Waals surface area contributed by atoms with Crippen molar-refractivity contribution in [1.82, 2.24) is 25.9 Å². The second kappa shape index (κ2) is 12.3. The van der Waals surface area contributed by atoms with Crippen molar-refractivity contribution in [1.29, 1.82) is 0 Å². The number of nitrogens with one attached hydrogen (secondary N) is 4. The Hall–Kier alpha value is -3.48. The average molecular weight is 440 g/mol. The number of imidazole rings is 1. The number of aliphatic carboxylic acids is 2. The molecule has 13 nitrogen and oxygen atoms in total. The van der Waals surface area contributed by atoms with Crippen molar-refractivity contribution < 1.29 is 34.2 Å². The first-order valence-electron chi connectivity index (χ1n) is 9.56. The molecule has 1 aromatic rings. The van der Waals surface area contributed by atoms with Crippen molar-refractivity contribution in [2.75, 3.05) is 6.54 Å². The number of rotatable bonds is 13. The topological polar surface area (TPSA) is 217 Å². The average Bonchev–Trinajstić information content (AvgIpc) is 3.20. The standard InChI is InChI=1S/C18H28N6O7/c1-9(2)15(19)18(31)24-12(5-10-6-20-8-22-10)17(30)23-11(3-4-13(25)26)16(29)21-7-14(27)28/h6,8-9,11-12,15H,3-5,7,19H2,1-2H3,(H,20,22)(H,21,29)(H,23,30)(H,24,31)(H,25,26)(H,27,28). The van der Waals surface area contributed by atoms with Crippen LogP contribution in [0, 0.1) is 5.92 Å². The fourth-order valence-corrected chi connectivity index (χ4v) is 2.49. The Bertz CT molecular complexity index is 780. The number of hydrogen-bond acceptors (Lipinski definition) is 7. The summed E-state index contributed by atoms with van der Waals surface area (Å²) in [6.07, 6.45) is 2.13. The lowest BCUT2D eigenvalue weighted by Gasteiger charge is -2.24. The number of carbonyl (C=O) groups excluding carboxylic acids is 3. The van der Waals surface area contributed by atoms with E-state index in [4.69, 9.17) is 15.9 Å². The van der Waals surface area contributed by atoms with Gasteiger partial charge in [-0.05, 0) is 12.3 Å². The lowest BCUT2D eigenvalue weighted by molar-refractivity contribution is -0.140. The third kappa shape index (κ3) is 9.25. The van der Waals surface area contributed by atoms with Gasteiger partial charge in [0.1, 0.15) is 18.6 Å². The summed E-state index contributed by atoms with van der Waals surface area (Å²) in [6, 6.07) is -3.33. The number of carboxylic acid groups (broad SMARTS) is 2. The van der Waals surface area contributed by atoms with E-state index in [2.05, 4.69) is 25.9 Å². The summed E-state index contributed by atoms with van der Waals surface area (Å²) in [7, 11) is 0. The summed E-state index contributed by atoms with van der Waals surface area (Å²) in [5, 5.41) is 24.6. The molecule has 0 saturated carbocycles. The molecular formula is C18H28N6O7. The monoisotopic (exact) mass is 440 g/mol. The van der Waals surface area contributed by atoms with Crippen LogP contribution in [0.15, 0.2) is 12.5 Å². The van der Waals surface area contributed by atoms with Crippen LogP contribution in [0.2, 0.25) is 0 Å². The van der Waals surface area contributed by atoms with Crippen molar-refractivity contribution in [3.05, 3.63) is 18.2 Å². The van der Waals surface area contributed by atoms with E-state index in [1.54, 1.807) is 13.8 Å². The van der Waals surface area contributed by atoms with Gasteiger partial charge in [-0.3, -0.25) is 24.0 Å². The lowest BCUT2D eigenvalue weighted by atomic mass is 10.0. The molecule has 1 aromatic heterocycles. The van der Waals surface area contributed by atoms with Gasteiger partial charge in [-0.15, -0.1) is 0 Å². The Kier molecular flexibility index (Phi) is 10.1. The maximum absolute atomic E-state index is 12.9. The third-order valence-electron chi connectivity index (χ3n) is 4.33. The zero-order chi connectivity index (χ0) is 23.6. The smallest absolute Gasteiger partial charge is 0.322 e. The first-order chi connectivity index (χ1) is 14.5. The van der Waals surface area contributed by atoms with Crippen LogP contribution in [0.5, 0.6) is 0 Å². The molecule has 0 radical (unpaired) electrons. The number of carbonyl (C=O) groups is 5. The number of H-pyrrole nitrogens is 1. The first kappa shape index (κ1) is 25.6. The number of nitrogens with two attached hydrogens (primary N) is 1. The molecule has 31 heavy (non-hydrogen) atoms. The highest BCUT2D eigenvalue weighted by Crippen LogP contribution is 2.05. The molecule has 3 unspecified atom stereocenters. The summed E-state index contributed by atoms with van der Waals surface area (Å²) in [6.45, 7) is 2.78. The predicted molar refractivity (Wildman–Crippen MR) is 106 cm³/mol. The zero-order valence-corrected chi connectivity index (χ0v) is 17.3. The van der Waals surface area contributed by atoms with Gasteiger partial charge in [-0.2, -0.15) is 0 Å². The van der Waals surface area contributed by atoms with Crippen LogP contribution >= 0.6 is 0 Å². The van der Waals surface area contributed by atoms with Crippen molar-refractivity contribution in [3.8, 4) is 0 Å². The largest absolute Gasteiger partial charge is 0.481 e. The molecule has 1 rings (SSSR count). The van der Waals surface area contributed by atoms with Crippen LogP contribution in [0.1, 0.15) is 32.4 Å². The van der Waals surface area contributed by atoms with E-state index < -0.39 is 60.8 Å². The number of hydrogen-bond donors (Lipinski definition) is 7. The summed E-state index contributed by atoms with van der Waals surface area (Å²) in [5.74, 6) is -4.89. The van der Waals surface area contributed by atoms with E-state index in [1.807, 2.05) is 0 Å². The highest BCUT2D eigenvalue weighted by Gasteiger charge is 2.29. The van der Waals surface area contributed by atoms with Crippen LogP contribution in [0.4, 0.5) is 0 Å². The number of aromatic amines is 1. The summed E-state index contributed by atoms with van der Waals surface area (Å²) in [5.41, 5.74) is 6.36. The predicted octanol–water partition coefficient (Wildman–Crippen LogP) is -2.03. The van der Waals surface area contributed by atoms with Crippen molar-refractivity contribution in [2.24, 2.45) is 11.7 Å². The minimum atomic E-state index is -1.32. The molecular weight excluding hydrogens is 412 g/mol. The van der Waals surface area contributed by atoms with Crippen LogP contribution in [0.25, 0.3) is 0 Å². The summed E-state index contributed by atoms with van der Waals surface area (Å²) in [4.78, 5) is 65.7. The minimum absolute atomic E-state index is 0.00475. The fraction of sp³-hybridized carbons (Fsp3) is 0.556. The Labute approximate surface area is 178 Å². The zero-order valence-electron chi connectivity index (χ0n) is 17.3. The number of aromatic nitrogens is 2. The molecule has 0 fully saturated rings. The normalized spacial score (nSPS) is 13.7. The molecule has 1 heterocycles. The van der Waals surface area contributed by atoms with Gasteiger partial charge < -0.3 is 36.9 Å². The maximum atomic E-state index is 12.9. The molecule has 0 spiro atoms. The molecule has 8 N–H and O–H groups in total. The van der Waals surface area contributed by atoms with Gasteiger partial charge >= 0.3 is 11.9 Å². The first-order valence-corrected chi connectivity index (χ1v) is 9.56. The van der Waals surface area contributed by atoms with Crippen molar-refractivity contribution in [3.63, 3.8) is 0 Å². The van der Waals surface area contributed by atoms with Gasteiger partial charge in [0.25, 0.3) is 0 Å². The van der Waals surface area contributed by atoms with Crippen LogP contribution in [-0.4, -0.2) is 74.5 Å². The van der Waals surface area contributed by atoms with E-state index in [9.17, 15) is 24.0 Å². The van der Waals surface area contributed by atoms with Gasteiger partial charge in [0.15, 0.2) is 0 Å². The molecule has 0 aliphatic rings. The van der Waals surface area contributed by atoms with Gasteiger partial charge in [0.05, 0.1) is 12.4 Å². The molecule has 3 amide bonds. The second-order valence-electron chi connectivity index (χ2n) is 7.22. The SMILES string of the molecule is CC(C)C(N)C(=O)NC(Cc1cnc[nH]1)C(=O)NC(CCC(=O)O)C(=O)NCC(=O)O. The molecule has 0 aromatic carbocycles. The molecule has 13 heteroatoms. The molecule has 0 aliphatic carbocycles. The third-order valence-corrected chi connectivity index (χ3v) is 4.33. The van der Waals surface area contributed by atoms with E-state index in [-0.39, 0.29) is 18.8 Å². The molecule has 0 aliphatic heterocycles. The van der Waals surface area contributed by atoms with Crippen LogP contribution in [-0.2, 0) is 30.4 Å². The number of carboxylic acids is 2. The summed E-state index contributed by atoms with van der Waals surface area (Å²) >= 11 is 0. The Morgan fingerprint density at radius 3 is 2.19 bits per heavy atom. The molecule has 172 valence electrons. The highest BCUT2D eigenvalue weighted by molar-refractivity contribution is 5.94. The number of amides is 3. The number of nitrogens with zero attached hydrogens (tertiary/aromatic N) is 1. The van der Waals surface area contributed by atoms with E-state index >= 15 is 0 Å². The van der Waals surface area contributed by atoms with Gasteiger partial charge in [0.2, 0.25) is 17.7 Å². The van der Waals surface area contributed by atoms with E-state index in [1.165, 1.54) is 12.5 Å². The highest BCUT2D eigenvalue weighted by atomic mass is 16.4. The van der Waals surface area contributed by atoms with Crippen LogP contribution in [0.3, 0.4) is 0 Å². The maximum Gasteiger partial charge on any atom is 0.322 e. The van der Waals surface area contributed by atoms with Gasteiger partial charge in [0, 0.05) is 24.7 Å². The van der Waals surface area contributed by atoms with E-state index in [0.717, 1.165) is 0 Å². The van der Waals surface area contributed by atoms with Gasteiger partial charge in [-0.1, -0.05) is 13.8 Å². The Morgan fingerprint density at radius 2 is 1.68 bits per heavy atom. The van der Waals surface area contributed by atoms with Crippen LogP contribution < -0.4 is 21.7 Å².